The monoisotopic (exact) mass is 381 g/mol. The number of carbonyl (C=O) groups is 2. The topological polar surface area (TPSA) is 91.8 Å². The normalized spacial score (nSPS) is 10.9. The minimum Gasteiger partial charge on any atom is -0.472 e. The molecule has 3 aromatic heterocycles. The zero-order valence-corrected chi connectivity index (χ0v) is 14.2. The molecule has 0 atom stereocenters. The molecule has 0 radical (unpaired) electrons. The summed E-state index contributed by atoms with van der Waals surface area (Å²) in [6, 6.07) is 9.94. The molecule has 28 heavy (non-hydrogen) atoms. The van der Waals surface area contributed by atoms with Crippen molar-refractivity contribution in [2.45, 2.75) is 6.29 Å². The summed E-state index contributed by atoms with van der Waals surface area (Å²) in [6.45, 7) is 0. The van der Waals surface area contributed by atoms with E-state index in [2.05, 4.69) is 4.98 Å². The number of nitrogens with zero attached hydrogens (tertiary/aromatic N) is 1. The van der Waals surface area contributed by atoms with Crippen molar-refractivity contribution in [3.63, 3.8) is 0 Å². The lowest BCUT2D eigenvalue weighted by Crippen LogP contribution is -2.19. The molecule has 0 spiro atoms. The molecule has 4 rings (SSSR count). The first kappa shape index (κ1) is 17.5. The molecule has 3 heterocycles. The third-order valence-corrected chi connectivity index (χ3v) is 3.86. The van der Waals surface area contributed by atoms with Crippen LogP contribution < -0.4 is 0 Å². The van der Waals surface area contributed by atoms with Crippen LogP contribution in [0.1, 0.15) is 32.7 Å². The molecule has 140 valence electrons. The maximum atomic E-state index is 13.4. The van der Waals surface area contributed by atoms with E-state index in [1.807, 2.05) is 0 Å². The molecule has 0 aliphatic heterocycles. The van der Waals surface area contributed by atoms with E-state index >= 15 is 0 Å². The summed E-state index contributed by atoms with van der Waals surface area (Å²) in [6.07, 6.45) is 3.60. The molecular formula is C20H12FNO6. The van der Waals surface area contributed by atoms with Crippen molar-refractivity contribution in [2.24, 2.45) is 0 Å². The highest BCUT2D eigenvalue weighted by atomic mass is 19.1. The number of carbonyl (C=O) groups excluding carboxylic acids is 2. The third kappa shape index (κ3) is 3.61. The van der Waals surface area contributed by atoms with Crippen molar-refractivity contribution >= 4 is 22.8 Å². The molecule has 0 aliphatic rings. The van der Waals surface area contributed by atoms with Crippen LogP contribution in [0.4, 0.5) is 4.39 Å². The highest BCUT2D eigenvalue weighted by Gasteiger charge is 2.25. The van der Waals surface area contributed by atoms with Gasteiger partial charge in [-0.05, 0) is 36.4 Å². The van der Waals surface area contributed by atoms with Crippen molar-refractivity contribution < 1.29 is 32.3 Å². The Balaban J connectivity index is 1.66. The Labute approximate surface area is 157 Å². The molecule has 0 amide bonds. The minimum atomic E-state index is -1.43. The van der Waals surface area contributed by atoms with Crippen molar-refractivity contribution in [3.8, 4) is 0 Å². The van der Waals surface area contributed by atoms with Gasteiger partial charge in [-0.3, -0.25) is 0 Å². The fourth-order valence-electron chi connectivity index (χ4n) is 2.48. The van der Waals surface area contributed by atoms with Gasteiger partial charge >= 0.3 is 11.9 Å². The number of pyridine rings is 1. The molecule has 4 aromatic rings. The Morgan fingerprint density at radius 2 is 1.54 bits per heavy atom. The molecule has 7 nitrogen and oxygen atoms in total. The molecule has 0 fully saturated rings. The molecule has 1 aromatic carbocycles. The summed E-state index contributed by atoms with van der Waals surface area (Å²) in [5.41, 5.74) is 0.898. The van der Waals surface area contributed by atoms with Gasteiger partial charge in [0.2, 0.25) is 0 Å². The minimum absolute atomic E-state index is 0.146. The van der Waals surface area contributed by atoms with E-state index in [0.717, 1.165) is 0 Å². The van der Waals surface area contributed by atoms with Crippen LogP contribution in [-0.2, 0) is 9.47 Å². The quantitative estimate of drug-likeness (QED) is 0.376. The Kier molecular flexibility index (Phi) is 4.59. The second-order valence-corrected chi connectivity index (χ2v) is 5.74. The number of aromatic nitrogens is 1. The summed E-state index contributed by atoms with van der Waals surface area (Å²) in [5, 5.41) is 0.546. The summed E-state index contributed by atoms with van der Waals surface area (Å²) in [5.74, 6) is -1.93. The highest BCUT2D eigenvalue weighted by molar-refractivity contribution is 5.90. The van der Waals surface area contributed by atoms with E-state index in [0.29, 0.717) is 10.9 Å². The van der Waals surface area contributed by atoms with E-state index in [-0.39, 0.29) is 16.8 Å². The van der Waals surface area contributed by atoms with Crippen LogP contribution in [0.5, 0.6) is 0 Å². The van der Waals surface area contributed by atoms with Crippen LogP contribution in [0.3, 0.4) is 0 Å². The summed E-state index contributed by atoms with van der Waals surface area (Å²) < 4.78 is 33.7. The Bertz CT molecular complexity index is 1070. The number of halogens is 1. The summed E-state index contributed by atoms with van der Waals surface area (Å²) >= 11 is 0. The lowest BCUT2D eigenvalue weighted by Gasteiger charge is -2.17. The number of hydrogen-bond acceptors (Lipinski definition) is 7. The number of esters is 2. The summed E-state index contributed by atoms with van der Waals surface area (Å²) in [7, 11) is 0. The molecule has 8 heteroatoms. The zero-order chi connectivity index (χ0) is 19.5. The number of fused-ring (bicyclic) bond motifs is 1. The Hall–Kier alpha value is -3.94. The van der Waals surface area contributed by atoms with Gasteiger partial charge in [0.05, 0.1) is 29.2 Å². The van der Waals surface area contributed by atoms with Gasteiger partial charge in [-0.25, -0.2) is 19.0 Å². The van der Waals surface area contributed by atoms with E-state index in [9.17, 15) is 14.0 Å². The predicted octanol–water partition coefficient (Wildman–Crippen LogP) is 4.27. The number of ether oxygens (including phenoxy) is 2. The third-order valence-electron chi connectivity index (χ3n) is 3.86. The number of rotatable bonds is 5. The van der Waals surface area contributed by atoms with E-state index in [1.165, 1.54) is 61.5 Å². The fourth-order valence-corrected chi connectivity index (χ4v) is 2.48. The van der Waals surface area contributed by atoms with Crippen LogP contribution in [0.25, 0.3) is 10.9 Å². The molecule has 0 N–H and O–H groups in total. The van der Waals surface area contributed by atoms with Crippen molar-refractivity contribution in [2.75, 3.05) is 0 Å². The molecule has 0 unspecified atom stereocenters. The largest absolute Gasteiger partial charge is 0.472 e. The van der Waals surface area contributed by atoms with Crippen LogP contribution in [0.2, 0.25) is 0 Å². The fraction of sp³-hybridized carbons (Fsp3) is 0.0500. The average molecular weight is 381 g/mol. The lowest BCUT2D eigenvalue weighted by molar-refractivity contribution is -0.0843. The van der Waals surface area contributed by atoms with E-state index in [1.54, 1.807) is 6.07 Å². The smallest absolute Gasteiger partial charge is 0.344 e. The number of hydrogen-bond donors (Lipinski definition) is 0. The second kappa shape index (κ2) is 7.36. The van der Waals surface area contributed by atoms with Crippen LogP contribution in [0, 0.1) is 5.82 Å². The van der Waals surface area contributed by atoms with Gasteiger partial charge in [-0.1, -0.05) is 6.07 Å². The Morgan fingerprint density at radius 3 is 2.11 bits per heavy atom. The van der Waals surface area contributed by atoms with Gasteiger partial charge in [0.15, 0.2) is 0 Å². The first-order chi connectivity index (χ1) is 13.6. The van der Waals surface area contributed by atoms with Crippen LogP contribution in [0.15, 0.2) is 76.4 Å². The lowest BCUT2D eigenvalue weighted by atomic mass is 10.2. The Morgan fingerprint density at radius 1 is 0.893 bits per heavy atom. The standard InChI is InChI=1S/C20H12FNO6/c21-15-2-4-16-12(9-15)1-3-17(22-16)20(27-18(23)13-5-7-25-10-13)28-19(24)14-6-8-26-11-14/h1-11,20H. The van der Waals surface area contributed by atoms with Gasteiger partial charge in [0.25, 0.3) is 6.29 Å². The molecule has 0 saturated carbocycles. The van der Waals surface area contributed by atoms with Crippen molar-refractivity contribution in [1.29, 1.82) is 0 Å². The molecule has 0 bridgehead atoms. The van der Waals surface area contributed by atoms with Gasteiger partial charge in [0.1, 0.15) is 24.0 Å². The first-order valence-electron chi connectivity index (χ1n) is 8.13. The highest BCUT2D eigenvalue weighted by Crippen LogP contribution is 2.24. The predicted molar refractivity (Wildman–Crippen MR) is 92.7 cm³/mol. The van der Waals surface area contributed by atoms with Gasteiger partial charge in [0, 0.05) is 5.39 Å². The van der Waals surface area contributed by atoms with Gasteiger partial charge < -0.3 is 18.3 Å². The van der Waals surface area contributed by atoms with E-state index < -0.39 is 24.0 Å². The van der Waals surface area contributed by atoms with Gasteiger partial charge in [-0.15, -0.1) is 0 Å². The SMILES string of the molecule is O=C(OC(OC(=O)c1ccoc1)c1ccc2cc(F)ccc2n1)c1ccoc1. The maximum Gasteiger partial charge on any atom is 0.344 e. The van der Waals surface area contributed by atoms with Gasteiger partial charge in [-0.2, -0.15) is 0 Å². The number of benzene rings is 1. The summed E-state index contributed by atoms with van der Waals surface area (Å²) in [4.78, 5) is 28.9. The number of furan rings is 2. The zero-order valence-electron chi connectivity index (χ0n) is 14.2. The van der Waals surface area contributed by atoms with Crippen LogP contribution >= 0.6 is 0 Å². The van der Waals surface area contributed by atoms with Crippen molar-refractivity contribution in [3.05, 3.63) is 90.2 Å². The molecule has 0 saturated heterocycles. The molecule has 0 aliphatic carbocycles. The first-order valence-corrected chi connectivity index (χ1v) is 8.13. The van der Waals surface area contributed by atoms with Crippen molar-refractivity contribution in [1.82, 2.24) is 4.98 Å². The molecular weight excluding hydrogens is 369 g/mol. The average Bonchev–Trinajstić information content (AvgIpc) is 3.40. The van der Waals surface area contributed by atoms with Crippen LogP contribution in [-0.4, -0.2) is 16.9 Å². The van der Waals surface area contributed by atoms with E-state index in [4.69, 9.17) is 18.3 Å². The maximum absolute atomic E-state index is 13.4. The second-order valence-electron chi connectivity index (χ2n) is 5.74.